The van der Waals surface area contributed by atoms with Crippen molar-refractivity contribution >= 4 is 17.2 Å². The zero-order valence-corrected chi connectivity index (χ0v) is 12.0. The van der Waals surface area contributed by atoms with Gasteiger partial charge in [-0.25, -0.2) is 4.98 Å². The van der Waals surface area contributed by atoms with Crippen molar-refractivity contribution in [3.63, 3.8) is 0 Å². The third kappa shape index (κ3) is 4.59. The number of hydrogen-bond acceptors (Lipinski definition) is 4. The molecule has 1 amide bonds. The second-order valence-corrected chi connectivity index (χ2v) is 5.27. The molecule has 0 radical (unpaired) electrons. The minimum absolute atomic E-state index is 0.0218. The average molecular weight is 287 g/mol. The lowest BCUT2D eigenvalue weighted by Gasteiger charge is -1.99. The molecule has 0 unspecified atom stereocenters. The van der Waals surface area contributed by atoms with Gasteiger partial charge in [0.05, 0.1) is 17.1 Å². The van der Waals surface area contributed by atoms with Gasteiger partial charge in [0.1, 0.15) is 0 Å². The standard InChI is InChI=1S/C15H17N3OS/c1-2-8-17-14(19)10-13-11-20-15(18-13)7-6-12-5-3-4-9-16-12/h2-5,9,11H,1,6-8,10H2,(H,17,19). The van der Waals surface area contributed by atoms with Crippen LogP contribution in [0.25, 0.3) is 0 Å². The molecule has 20 heavy (non-hydrogen) atoms. The number of thiazole rings is 1. The van der Waals surface area contributed by atoms with Crippen LogP contribution >= 0.6 is 11.3 Å². The monoisotopic (exact) mass is 287 g/mol. The van der Waals surface area contributed by atoms with E-state index in [0.717, 1.165) is 29.2 Å². The molecule has 0 saturated heterocycles. The summed E-state index contributed by atoms with van der Waals surface area (Å²) in [6.07, 6.45) is 5.52. The van der Waals surface area contributed by atoms with Crippen LogP contribution in [0.1, 0.15) is 16.4 Å². The van der Waals surface area contributed by atoms with E-state index in [0.29, 0.717) is 13.0 Å². The summed E-state index contributed by atoms with van der Waals surface area (Å²) in [7, 11) is 0. The van der Waals surface area contributed by atoms with Gasteiger partial charge < -0.3 is 5.32 Å². The van der Waals surface area contributed by atoms with Crippen molar-refractivity contribution < 1.29 is 4.79 Å². The topological polar surface area (TPSA) is 54.9 Å². The molecule has 2 aromatic heterocycles. The third-order valence-corrected chi connectivity index (χ3v) is 3.66. The number of nitrogens with one attached hydrogen (secondary N) is 1. The summed E-state index contributed by atoms with van der Waals surface area (Å²) in [6.45, 7) is 4.06. The zero-order valence-electron chi connectivity index (χ0n) is 11.2. The van der Waals surface area contributed by atoms with Crippen LogP contribution in [0, 0.1) is 0 Å². The van der Waals surface area contributed by atoms with E-state index in [1.54, 1.807) is 23.6 Å². The fourth-order valence-corrected chi connectivity index (χ4v) is 2.54. The van der Waals surface area contributed by atoms with Gasteiger partial charge in [0.25, 0.3) is 0 Å². The molecule has 0 fully saturated rings. The third-order valence-electron chi connectivity index (χ3n) is 2.71. The molecule has 0 aromatic carbocycles. The number of hydrogen-bond donors (Lipinski definition) is 1. The first-order valence-corrected chi connectivity index (χ1v) is 7.36. The molecule has 1 N–H and O–H groups in total. The molecular formula is C15H17N3OS. The molecule has 2 heterocycles. The van der Waals surface area contributed by atoms with E-state index in [1.807, 2.05) is 23.6 Å². The molecule has 2 aromatic rings. The molecule has 0 spiro atoms. The summed E-state index contributed by atoms with van der Waals surface area (Å²) in [5.74, 6) is -0.0218. The molecule has 0 aliphatic carbocycles. The Morgan fingerprint density at radius 2 is 2.25 bits per heavy atom. The van der Waals surface area contributed by atoms with Gasteiger partial charge in [-0.15, -0.1) is 17.9 Å². The summed E-state index contributed by atoms with van der Waals surface area (Å²) in [5.41, 5.74) is 1.89. The Morgan fingerprint density at radius 3 is 3.00 bits per heavy atom. The van der Waals surface area contributed by atoms with Crippen LogP contribution in [-0.2, 0) is 24.1 Å². The van der Waals surface area contributed by atoms with E-state index >= 15 is 0 Å². The van der Waals surface area contributed by atoms with Crippen molar-refractivity contribution in [2.24, 2.45) is 0 Å². The van der Waals surface area contributed by atoms with Crippen LogP contribution in [0.4, 0.5) is 0 Å². The molecule has 0 bridgehead atoms. The lowest BCUT2D eigenvalue weighted by molar-refractivity contribution is -0.120. The Balaban J connectivity index is 1.83. The van der Waals surface area contributed by atoms with Gasteiger partial charge in [-0.1, -0.05) is 12.1 Å². The highest BCUT2D eigenvalue weighted by Gasteiger charge is 2.07. The Bertz CT molecular complexity index is 566. The molecule has 0 saturated carbocycles. The molecule has 0 atom stereocenters. The minimum atomic E-state index is -0.0218. The Kier molecular flexibility index (Phi) is 5.43. The normalized spacial score (nSPS) is 10.2. The summed E-state index contributed by atoms with van der Waals surface area (Å²) in [6, 6.07) is 5.91. The van der Waals surface area contributed by atoms with Gasteiger partial charge in [-0.3, -0.25) is 9.78 Å². The van der Waals surface area contributed by atoms with E-state index < -0.39 is 0 Å². The molecule has 5 heteroatoms. The minimum Gasteiger partial charge on any atom is -0.352 e. The van der Waals surface area contributed by atoms with Gasteiger partial charge in [0.15, 0.2) is 0 Å². The number of carbonyl (C=O) groups is 1. The number of aryl methyl sites for hydroxylation is 2. The largest absolute Gasteiger partial charge is 0.352 e. The van der Waals surface area contributed by atoms with Crippen molar-refractivity contribution in [1.82, 2.24) is 15.3 Å². The average Bonchev–Trinajstić information content (AvgIpc) is 2.91. The van der Waals surface area contributed by atoms with E-state index in [9.17, 15) is 4.79 Å². The van der Waals surface area contributed by atoms with Crippen LogP contribution in [0.2, 0.25) is 0 Å². The van der Waals surface area contributed by atoms with Gasteiger partial charge in [0, 0.05) is 30.2 Å². The Labute approximate surface area is 122 Å². The summed E-state index contributed by atoms with van der Waals surface area (Å²) in [4.78, 5) is 20.3. The number of rotatable bonds is 7. The fraction of sp³-hybridized carbons (Fsp3) is 0.267. The number of pyridine rings is 1. The van der Waals surface area contributed by atoms with Crippen LogP contribution < -0.4 is 5.32 Å². The van der Waals surface area contributed by atoms with E-state index in [2.05, 4.69) is 21.9 Å². The predicted molar refractivity (Wildman–Crippen MR) is 80.7 cm³/mol. The second kappa shape index (κ2) is 7.55. The quantitative estimate of drug-likeness (QED) is 0.794. The van der Waals surface area contributed by atoms with Crippen molar-refractivity contribution in [3.8, 4) is 0 Å². The second-order valence-electron chi connectivity index (χ2n) is 4.32. The predicted octanol–water partition coefficient (Wildman–Crippen LogP) is 2.17. The van der Waals surface area contributed by atoms with E-state index in [-0.39, 0.29) is 5.91 Å². The molecule has 2 rings (SSSR count). The van der Waals surface area contributed by atoms with Crippen LogP contribution in [0.3, 0.4) is 0 Å². The van der Waals surface area contributed by atoms with Crippen molar-refractivity contribution in [1.29, 1.82) is 0 Å². The number of nitrogens with zero attached hydrogens (tertiary/aromatic N) is 2. The Morgan fingerprint density at radius 1 is 1.35 bits per heavy atom. The van der Waals surface area contributed by atoms with E-state index in [4.69, 9.17) is 0 Å². The van der Waals surface area contributed by atoms with Crippen molar-refractivity contribution in [3.05, 3.63) is 58.8 Å². The zero-order chi connectivity index (χ0) is 14.2. The van der Waals surface area contributed by atoms with Crippen LogP contribution in [0.15, 0.2) is 42.4 Å². The molecule has 0 aliphatic rings. The van der Waals surface area contributed by atoms with Gasteiger partial charge in [-0.2, -0.15) is 0 Å². The summed E-state index contributed by atoms with van der Waals surface area (Å²) in [5, 5.41) is 5.73. The lowest BCUT2D eigenvalue weighted by Crippen LogP contribution is -2.25. The number of amides is 1. The smallest absolute Gasteiger partial charge is 0.226 e. The highest BCUT2D eigenvalue weighted by molar-refractivity contribution is 7.09. The molecular weight excluding hydrogens is 270 g/mol. The van der Waals surface area contributed by atoms with Gasteiger partial charge in [0.2, 0.25) is 5.91 Å². The van der Waals surface area contributed by atoms with Crippen molar-refractivity contribution in [2.75, 3.05) is 6.54 Å². The Hall–Kier alpha value is -2.01. The number of carbonyl (C=O) groups excluding carboxylic acids is 1. The maximum atomic E-state index is 11.6. The highest BCUT2D eigenvalue weighted by Crippen LogP contribution is 2.13. The van der Waals surface area contributed by atoms with Crippen LogP contribution in [-0.4, -0.2) is 22.4 Å². The SMILES string of the molecule is C=CCNC(=O)Cc1csc(CCc2ccccn2)n1. The van der Waals surface area contributed by atoms with E-state index in [1.165, 1.54) is 0 Å². The summed E-state index contributed by atoms with van der Waals surface area (Å²) >= 11 is 1.60. The first-order valence-electron chi connectivity index (χ1n) is 6.48. The first kappa shape index (κ1) is 14.4. The first-order chi connectivity index (χ1) is 9.78. The molecule has 4 nitrogen and oxygen atoms in total. The van der Waals surface area contributed by atoms with Crippen LogP contribution in [0.5, 0.6) is 0 Å². The molecule has 104 valence electrons. The van der Waals surface area contributed by atoms with Gasteiger partial charge in [-0.05, 0) is 18.6 Å². The van der Waals surface area contributed by atoms with Gasteiger partial charge >= 0.3 is 0 Å². The summed E-state index contributed by atoms with van der Waals surface area (Å²) < 4.78 is 0. The highest BCUT2D eigenvalue weighted by atomic mass is 32.1. The number of aromatic nitrogens is 2. The lowest BCUT2D eigenvalue weighted by atomic mass is 10.2. The van der Waals surface area contributed by atoms with Crippen molar-refractivity contribution in [2.45, 2.75) is 19.3 Å². The fourth-order valence-electron chi connectivity index (χ4n) is 1.74. The molecule has 0 aliphatic heterocycles. The maximum absolute atomic E-state index is 11.6. The maximum Gasteiger partial charge on any atom is 0.226 e.